The van der Waals surface area contributed by atoms with Gasteiger partial charge in [0, 0.05) is 12.6 Å². The van der Waals surface area contributed by atoms with Crippen LogP contribution >= 0.6 is 0 Å². The van der Waals surface area contributed by atoms with Crippen LogP contribution in [0.25, 0.3) is 0 Å². The fourth-order valence-electron chi connectivity index (χ4n) is 2.23. The van der Waals surface area contributed by atoms with Gasteiger partial charge in [-0.1, -0.05) is 77.6 Å². The van der Waals surface area contributed by atoms with E-state index in [1.165, 1.54) is 76.8 Å². The standard InChI is InChI=1S/C16H33NO/c1-2-3-4-5-6-7-8-9-10-11-12-13-14-16(18)15-17/h15,18H,2-14,17H2,1H3. The van der Waals surface area contributed by atoms with Gasteiger partial charge in [-0.3, -0.25) is 0 Å². The van der Waals surface area contributed by atoms with E-state index in [9.17, 15) is 0 Å². The Bertz CT molecular complexity index is 190. The quantitative estimate of drug-likeness (QED) is 0.340. The molecule has 0 amide bonds. The van der Waals surface area contributed by atoms with Crippen molar-refractivity contribution < 1.29 is 5.11 Å². The Balaban J connectivity index is 2.99. The number of allylic oxidation sites excluding steroid dienone is 1. The van der Waals surface area contributed by atoms with Gasteiger partial charge < -0.3 is 10.8 Å². The summed E-state index contributed by atoms with van der Waals surface area (Å²) in [4.78, 5) is 0. The second-order valence-corrected chi connectivity index (χ2v) is 5.30. The van der Waals surface area contributed by atoms with Gasteiger partial charge >= 0.3 is 0 Å². The highest BCUT2D eigenvalue weighted by atomic mass is 16.3. The van der Waals surface area contributed by atoms with Crippen molar-refractivity contribution in [3.63, 3.8) is 0 Å². The summed E-state index contributed by atoms with van der Waals surface area (Å²) < 4.78 is 0. The molecule has 2 heteroatoms. The lowest BCUT2D eigenvalue weighted by Gasteiger charge is -2.02. The minimum absolute atomic E-state index is 0.335. The molecule has 0 aliphatic rings. The summed E-state index contributed by atoms with van der Waals surface area (Å²) >= 11 is 0. The number of nitrogens with two attached hydrogens (primary N) is 1. The maximum atomic E-state index is 9.16. The van der Waals surface area contributed by atoms with E-state index in [1.807, 2.05) is 0 Å². The van der Waals surface area contributed by atoms with Gasteiger partial charge in [0.25, 0.3) is 0 Å². The van der Waals surface area contributed by atoms with Gasteiger partial charge in [0.1, 0.15) is 5.76 Å². The molecule has 0 bridgehead atoms. The second kappa shape index (κ2) is 14.4. The molecule has 0 aliphatic heterocycles. The number of unbranched alkanes of at least 4 members (excludes halogenated alkanes) is 11. The highest BCUT2D eigenvalue weighted by Gasteiger charge is 1.95. The maximum Gasteiger partial charge on any atom is 0.108 e. The van der Waals surface area contributed by atoms with Crippen molar-refractivity contribution in [3.8, 4) is 0 Å². The molecule has 108 valence electrons. The van der Waals surface area contributed by atoms with Crippen molar-refractivity contribution in [2.45, 2.75) is 90.4 Å². The van der Waals surface area contributed by atoms with E-state index in [2.05, 4.69) is 6.92 Å². The van der Waals surface area contributed by atoms with Crippen LogP contribution in [0.4, 0.5) is 0 Å². The van der Waals surface area contributed by atoms with Crippen LogP contribution in [0.15, 0.2) is 12.0 Å². The minimum atomic E-state index is 0.335. The van der Waals surface area contributed by atoms with Gasteiger partial charge in [0.05, 0.1) is 0 Å². The molecule has 2 nitrogen and oxygen atoms in total. The SMILES string of the molecule is CCCCCCCCCCCCCCC(O)=CN. The molecule has 0 radical (unpaired) electrons. The van der Waals surface area contributed by atoms with Crippen LogP contribution in [-0.4, -0.2) is 5.11 Å². The zero-order valence-electron chi connectivity index (χ0n) is 12.3. The third-order valence-corrected chi connectivity index (χ3v) is 3.48. The largest absolute Gasteiger partial charge is 0.511 e. The predicted octanol–water partition coefficient (Wildman–Crippen LogP) is 5.44. The van der Waals surface area contributed by atoms with Crippen molar-refractivity contribution >= 4 is 0 Å². The number of aliphatic hydroxyl groups is 1. The van der Waals surface area contributed by atoms with Gasteiger partial charge in [0.2, 0.25) is 0 Å². The fourth-order valence-corrected chi connectivity index (χ4v) is 2.23. The van der Waals surface area contributed by atoms with Crippen LogP contribution in [-0.2, 0) is 0 Å². The van der Waals surface area contributed by atoms with Crippen molar-refractivity contribution in [2.75, 3.05) is 0 Å². The fraction of sp³-hybridized carbons (Fsp3) is 0.875. The minimum Gasteiger partial charge on any atom is -0.511 e. The smallest absolute Gasteiger partial charge is 0.108 e. The Hall–Kier alpha value is -0.660. The summed E-state index contributed by atoms with van der Waals surface area (Å²) in [6, 6.07) is 0. The Labute approximate surface area is 114 Å². The summed E-state index contributed by atoms with van der Waals surface area (Å²) in [6.07, 6.45) is 18.2. The van der Waals surface area contributed by atoms with E-state index in [-0.39, 0.29) is 0 Å². The highest BCUT2D eigenvalue weighted by Crippen LogP contribution is 2.13. The molecule has 0 heterocycles. The summed E-state index contributed by atoms with van der Waals surface area (Å²) in [7, 11) is 0. The van der Waals surface area contributed by atoms with Crippen molar-refractivity contribution in [1.82, 2.24) is 0 Å². The van der Waals surface area contributed by atoms with Gasteiger partial charge in [-0.05, 0) is 6.42 Å². The summed E-state index contributed by atoms with van der Waals surface area (Å²) in [5.41, 5.74) is 5.20. The number of aliphatic hydroxyl groups excluding tert-OH is 1. The van der Waals surface area contributed by atoms with Crippen LogP contribution < -0.4 is 5.73 Å². The summed E-state index contributed by atoms with van der Waals surface area (Å²) in [5.74, 6) is 0.335. The third-order valence-electron chi connectivity index (χ3n) is 3.48. The summed E-state index contributed by atoms with van der Waals surface area (Å²) in [5, 5.41) is 9.16. The van der Waals surface area contributed by atoms with Gasteiger partial charge in [0.15, 0.2) is 0 Å². The van der Waals surface area contributed by atoms with Crippen LogP contribution in [0.5, 0.6) is 0 Å². The lowest BCUT2D eigenvalue weighted by molar-refractivity contribution is 0.378. The molecule has 18 heavy (non-hydrogen) atoms. The van der Waals surface area contributed by atoms with E-state index in [0.717, 1.165) is 12.8 Å². The zero-order chi connectivity index (χ0) is 13.5. The van der Waals surface area contributed by atoms with Crippen LogP contribution in [0.1, 0.15) is 90.4 Å². The van der Waals surface area contributed by atoms with E-state index in [0.29, 0.717) is 5.76 Å². The Morgan fingerprint density at radius 2 is 1.17 bits per heavy atom. The van der Waals surface area contributed by atoms with Crippen LogP contribution in [0.3, 0.4) is 0 Å². The molecule has 0 spiro atoms. The Kier molecular flexibility index (Phi) is 13.9. The number of hydrogen-bond donors (Lipinski definition) is 2. The lowest BCUT2D eigenvalue weighted by atomic mass is 10.0. The first-order valence-corrected chi connectivity index (χ1v) is 7.91. The van der Waals surface area contributed by atoms with E-state index < -0.39 is 0 Å². The second-order valence-electron chi connectivity index (χ2n) is 5.30. The van der Waals surface area contributed by atoms with Crippen LogP contribution in [0, 0.1) is 0 Å². The molecule has 0 unspecified atom stereocenters. The van der Waals surface area contributed by atoms with E-state index in [4.69, 9.17) is 10.8 Å². The molecular formula is C16H33NO. The van der Waals surface area contributed by atoms with Gasteiger partial charge in [-0.15, -0.1) is 0 Å². The zero-order valence-corrected chi connectivity index (χ0v) is 12.3. The van der Waals surface area contributed by atoms with Crippen LogP contribution in [0.2, 0.25) is 0 Å². The van der Waals surface area contributed by atoms with E-state index >= 15 is 0 Å². The molecular weight excluding hydrogens is 222 g/mol. The van der Waals surface area contributed by atoms with Crippen molar-refractivity contribution in [1.29, 1.82) is 0 Å². The first-order valence-electron chi connectivity index (χ1n) is 7.91. The first-order chi connectivity index (χ1) is 8.81. The topological polar surface area (TPSA) is 46.2 Å². The lowest BCUT2D eigenvalue weighted by Crippen LogP contribution is -1.88. The average Bonchev–Trinajstić information content (AvgIpc) is 2.39. The monoisotopic (exact) mass is 255 g/mol. The maximum absolute atomic E-state index is 9.16. The molecule has 0 saturated heterocycles. The van der Waals surface area contributed by atoms with E-state index in [1.54, 1.807) is 0 Å². The predicted molar refractivity (Wildman–Crippen MR) is 80.6 cm³/mol. The molecule has 0 saturated carbocycles. The van der Waals surface area contributed by atoms with Gasteiger partial charge in [-0.25, -0.2) is 0 Å². The first kappa shape index (κ1) is 17.3. The molecule has 0 aromatic rings. The number of rotatable bonds is 13. The molecule has 0 aromatic carbocycles. The number of hydrogen-bond acceptors (Lipinski definition) is 2. The third kappa shape index (κ3) is 13.4. The molecule has 3 N–H and O–H groups in total. The Morgan fingerprint density at radius 3 is 1.56 bits per heavy atom. The van der Waals surface area contributed by atoms with Crippen molar-refractivity contribution in [3.05, 3.63) is 12.0 Å². The highest BCUT2D eigenvalue weighted by molar-refractivity contribution is 4.85. The molecule has 0 aliphatic carbocycles. The molecule has 0 rings (SSSR count). The van der Waals surface area contributed by atoms with Gasteiger partial charge in [-0.2, -0.15) is 0 Å². The summed E-state index contributed by atoms with van der Waals surface area (Å²) in [6.45, 7) is 2.27. The molecule has 0 atom stereocenters. The van der Waals surface area contributed by atoms with Crippen molar-refractivity contribution in [2.24, 2.45) is 5.73 Å². The average molecular weight is 255 g/mol. The Morgan fingerprint density at radius 1 is 0.778 bits per heavy atom. The molecule has 0 fully saturated rings. The normalized spacial score (nSPS) is 11.9. The molecule has 0 aromatic heterocycles.